The van der Waals surface area contributed by atoms with E-state index < -0.39 is 34.1 Å². The van der Waals surface area contributed by atoms with E-state index in [4.69, 9.17) is 11.6 Å². The number of hydrogen-bond acceptors (Lipinski definition) is 4. The standard InChI is InChI=1S/C18H18ClF3N2O4S/c1-12(23-29(26,27)15-9-7-14(19)8-10-15)17(25)24(2)11-13-5-3-4-6-16(13)28-18(20,21)22/h3-10,12,23H,11H2,1-2H3/t12-/m0/s1. The van der Waals surface area contributed by atoms with Crippen molar-refractivity contribution in [3.63, 3.8) is 0 Å². The third kappa shape index (κ3) is 6.62. The molecule has 0 aromatic heterocycles. The number of alkyl halides is 3. The second-order valence-corrected chi connectivity index (χ2v) is 8.30. The molecular weight excluding hydrogens is 433 g/mol. The van der Waals surface area contributed by atoms with Gasteiger partial charge in [0.2, 0.25) is 15.9 Å². The van der Waals surface area contributed by atoms with Crippen molar-refractivity contribution in [2.45, 2.75) is 30.8 Å². The first-order valence-electron chi connectivity index (χ1n) is 8.25. The molecule has 1 N–H and O–H groups in total. The molecule has 0 saturated heterocycles. The minimum Gasteiger partial charge on any atom is -0.405 e. The Labute approximate surface area is 171 Å². The fraction of sp³-hybridized carbons (Fsp3) is 0.278. The highest BCUT2D eigenvalue weighted by Gasteiger charge is 2.32. The van der Waals surface area contributed by atoms with Gasteiger partial charge in [0.25, 0.3) is 0 Å². The molecule has 0 aliphatic rings. The number of carbonyl (C=O) groups excluding carboxylic acids is 1. The van der Waals surface area contributed by atoms with Gasteiger partial charge in [-0.3, -0.25) is 4.79 Å². The number of para-hydroxylation sites is 1. The summed E-state index contributed by atoms with van der Waals surface area (Å²) in [4.78, 5) is 13.6. The number of halogens is 4. The highest BCUT2D eigenvalue weighted by Crippen LogP contribution is 2.27. The summed E-state index contributed by atoms with van der Waals surface area (Å²) in [5.74, 6) is -1.07. The van der Waals surface area contributed by atoms with Gasteiger partial charge in [-0.25, -0.2) is 8.42 Å². The van der Waals surface area contributed by atoms with Crippen LogP contribution in [0.15, 0.2) is 53.4 Å². The second kappa shape index (κ2) is 9.02. The SMILES string of the molecule is C[C@H](NS(=O)(=O)c1ccc(Cl)cc1)C(=O)N(C)Cc1ccccc1OC(F)(F)F. The van der Waals surface area contributed by atoms with Gasteiger partial charge >= 0.3 is 6.36 Å². The van der Waals surface area contributed by atoms with E-state index in [1.54, 1.807) is 0 Å². The van der Waals surface area contributed by atoms with Crippen LogP contribution >= 0.6 is 11.6 Å². The lowest BCUT2D eigenvalue weighted by atomic mass is 10.2. The van der Waals surface area contributed by atoms with Gasteiger partial charge in [0, 0.05) is 24.2 Å². The van der Waals surface area contributed by atoms with Crippen molar-refractivity contribution >= 4 is 27.5 Å². The molecule has 0 aliphatic heterocycles. The molecule has 0 spiro atoms. The molecule has 0 radical (unpaired) electrons. The van der Waals surface area contributed by atoms with Gasteiger partial charge in [-0.2, -0.15) is 4.72 Å². The summed E-state index contributed by atoms with van der Waals surface area (Å²) in [7, 11) is -2.64. The van der Waals surface area contributed by atoms with Gasteiger partial charge in [0.15, 0.2) is 0 Å². The number of sulfonamides is 1. The molecule has 0 unspecified atom stereocenters. The van der Waals surface area contributed by atoms with Crippen molar-refractivity contribution in [2.24, 2.45) is 0 Å². The van der Waals surface area contributed by atoms with E-state index >= 15 is 0 Å². The lowest BCUT2D eigenvalue weighted by molar-refractivity contribution is -0.275. The maximum absolute atomic E-state index is 12.5. The molecule has 1 amide bonds. The summed E-state index contributed by atoms with van der Waals surface area (Å²) in [5.41, 5.74) is 0.119. The molecule has 158 valence electrons. The highest BCUT2D eigenvalue weighted by molar-refractivity contribution is 7.89. The summed E-state index contributed by atoms with van der Waals surface area (Å²) < 4.78 is 68.5. The molecule has 29 heavy (non-hydrogen) atoms. The summed E-state index contributed by atoms with van der Waals surface area (Å²) >= 11 is 5.73. The molecule has 0 bridgehead atoms. The van der Waals surface area contributed by atoms with Crippen LogP contribution in [0.4, 0.5) is 13.2 Å². The first-order valence-corrected chi connectivity index (χ1v) is 10.1. The molecule has 0 saturated carbocycles. The molecule has 0 fully saturated rings. The van der Waals surface area contributed by atoms with Crippen LogP contribution in [0.2, 0.25) is 5.02 Å². The molecule has 0 aliphatic carbocycles. The van der Waals surface area contributed by atoms with Crippen LogP contribution in [-0.4, -0.2) is 38.7 Å². The van der Waals surface area contributed by atoms with Crippen molar-refractivity contribution in [3.05, 3.63) is 59.1 Å². The quantitative estimate of drug-likeness (QED) is 0.699. The number of rotatable bonds is 7. The molecule has 0 heterocycles. The Kier molecular flexibility index (Phi) is 7.15. The van der Waals surface area contributed by atoms with Crippen molar-refractivity contribution in [1.29, 1.82) is 0 Å². The zero-order valence-electron chi connectivity index (χ0n) is 15.4. The van der Waals surface area contributed by atoms with E-state index in [9.17, 15) is 26.4 Å². The Morgan fingerprint density at radius 2 is 1.76 bits per heavy atom. The minimum atomic E-state index is -4.87. The van der Waals surface area contributed by atoms with E-state index in [1.165, 1.54) is 56.4 Å². The first kappa shape index (κ1) is 23.0. The number of amides is 1. The smallest absolute Gasteiger partial charge is 0.405 e. The normalized spacial score (nSPS) is 13.0. The number of nitrogens with one attached hydrogen (secondary N) is 1. The van der Waals surface area contributed by atoms with Crippen LogP contribution in [0, 0.1) is 0 Å². The third-order valence-corrected chi connectivity index (χ3v) is 5.62. The second-order valence-electron chi connectivity index (χ2n) is 6.15. The predicted octanol–water partition coefficient (Wildman–Crippen LogP) is 3.56. The number of likely N-dealkylation sites (N-methyl/N-ethyl adjacent to an activating group) is 1. The van der Waals surface area contributed by atoms with E-state index in [0.29, 0.717) is 5.02 Å². The Morgan fingerprint density at radius 3 is 2.34 bits per heavy atom. The van der Waals surface area contributed by atoms with Crippen LogP contribution in [0.25, 0.3) is 0 Å². The molecule has 11 heteroatoms. The summed E-state index contributed by atoms with van der Waals surface area (Å²) in [5, 5.41) is 0.354. The summed E-state index contributed by atoms with van der Waals surface area (Å²) in [6.45, 7) is 1.13. The van der Waals surface area contributed by atoms with Crippen molar-refractivity contribution in [2.75, 3.05) is 7.05 Å². The van der Waals surface area contributed by atoms with E-state index in [1.807, 2.05) is 0 Å². The average molecular weight is 451 g/mol. The molecular formula is C18H18ClF3N2O4S. The van der Waals surface area contributed by atoms with Crippen molar-refractivity contribution in [3.8, 4) is 5.75 Å². The van der Waals surface area contributed by atoms with Gasteiger partial charge in [-0.05, 0) is 37.3 Å². The van der Waals surface area contributed by atoms with Crippen molar-refractivity contribution < 1.29 is 31.1 Å². The number of nitrogens with zero attached hydrogens (tertiary/aromatic N) is 1. The Hall–Kier alpha value is -2.30. The first-order chi connectivity index (χ1) is 13.4. The van der Waals surface area contributed by atoms with E-state index in [2.05, 4.69) is 9.46 Å². The van der Waals surface area contributed by atoms with Crippen LogP contribution in [0.5, 0.6) is 5.75 Å². The average Bonchev–Trinajstić information content (AvgIpc) is 2.61. The number of carbonyl (C=O) groups is 1. The fourth-order valence-corrected chi connectivity index (χ4v) is 3.81. The Bertz CT molecular complexity index is 966. The maximum atomic E-state index is 12.5. The molecule has 2 rings (SSSR count). The Balaban J connectivity index is 2.09. The largest absolute Gasteiger partial charge is 0.573 e. The lowest BCUT2D eigenvalue weighted by Gasteiger charge is -2.23. The summed E-state index contributed by atoms with van der Waals surface area (Å²) in [6, 6.07) is 9.60. The molecule has 6 nitrogen and oxygen atoms in total. The van der Waals surface area contributed by atoms with Crippen LogP contribution in [-0.2, 0) is 21.4 Å². The fourth-order valence-electron chi connectivity index (χ4n) is 2.49. The number of hydrogen-bond donors (Lipinski definition) is 1. The van der Waals surface area contributed by atoms with Gasteiger partial charge in [0.1, 0.15) is 5.75 Å². The zero-order valence-corrected chi connectivity index (χ0v) is 17.0. The molecule has 1 atom stereocenters. The van der Waals surface area contributed by atoms with Gasteiger partial charge in [-0.15, -0.1) is 13.2 Å². The van der Waals surface area contributed by atoms with Crippen molar-refractivity contribution in [1.82, 2.24) is 9.62 Å². The maximum Gasteiger partial charge on any atom is 0.573 e. The van der Waals surface area contributed by atoms with Gasteiger partial charge in [0.05, 0.1) is 10.9 Å². The predicted molar refractivity (Wildman–Crippen MR) is 101 cm³/mol. The van der Waals surface area contributed by atoms with E-state index in [0.717, 1.165) is 11.0 Å². The molecule has 2 aromatic rings. The van der Waals surface area contributed by atoms with Gasteiger partial charge in [-0.1, -0.05) is 29.8 Å². The summed E-state index contributed by atoms with van der Waals surface area (Å²) in [6.07, 6.45) is -4.87. The Morgan fingerprint density at radius 1 is 1.17 bits per heavy atom. The lowest BCUT2D eigenvalue weighted by Crippen LogP contribution is -2.45. The molecule has 2 aromatic carbocycles. The topological polar surface area (TPSA) is 75.7 Å². The van der Waals surface area contributed by atoms with Gasteiger partial charge < -0.3 is 9.64 Å². The number of benzene rings is 2. The highest BCUT2D eigenvalue weighted by atomic mass is 35.5. The van der Waals surface area contributed by atoms with E-state index in [-0.39, 0.29) is 17.0 Å². The minimum absolute atomic E-state index is 0.0758. The third-order valence-electron chi connectivity index (χ3n) is 3.81. The monoisotopic (exact) mass is 450 g/mol. The number of ether oxygens (including phenoxy) is 1. The van der Waals surface area contributed by atoms with Crippen LogP contribution in [0.1, 0.15) is 12.5 Å². The zero-order chi connectivity index (χ0) is 21.8. The van der Waals surface area contributed by atoms with Crippen LogP contribution < -0.4 is 9.46 Å². The van der Waals surface area contributed by atoms with Crippen LogP contribution in [0.3, 0.4) is 0 Å².